The zero-order valence-electron chi connectivity index (χ0n) is 14.0. The van der Waals surface area contributed by atoms with Crippen molar-refractivity contribution in [3.63, 3.8) is 0 Å². The number of aromatic nitrogens is 2. The molecule has 24 heavy (non-hydrogen) atoms. The van der Waals surface area contributed by atoms with Crippen LogP contribution in [-0.2, 0) is 11.3 Å². The first-order chi connectivity index (χ1) is 11.8. The summed E-state index contributed by atoms with van der Waals surface area (Å²) >= 11 is 0. The van der Waals surface area contributed by atoms with Gasteiger partial charge in [0.05, 0.1) is 30.6 Å². The van der Waals surface area contributed by atoms with Crippen molar-refractivity contribution in [2.24, 2.45) is 5.73 Å². The highest BCUT2D eigenvalue weighted by atomic mass is 16.5. The molecular weight excluding hydrogens is 302 g/mol. The Balaban J connectivity index is 1.45. The van der Waals surface area contributed by atoms with Crippen LogP contribution >= 0.6 is 0 Å². The van der Waals surface area contributed by atoms with Crippen molar-refractivity contribution in [3.8, 4) is 0 Å². The molecule has 128 valence electrons. The van der Waals surface area contributed by atoms with Crippen LogP contribution in [-0.4, -0.2) is 59.7 Å². The maximum absolute atomic E-state index is 5.82. The average molecular weight is 327 g/mol. The van der Waals surface area contributed by atoms with Gasteiger partial charge >= 0.3 is 0 Å². The van der Waals surface area contributed by atoms with Gasteiger partial charge in [-0.05, 0) is 30.4 Å². The quantitative estimate of drug-likeness (QED) is 0.914. The number of fused-ring (bicyclic) bond motifs is 1. The van der Waals surface area contributed by atoms with E-state index in [9.17, 15) is 0 Å². The molecule has 6 nitrogen and oxygen atoms in total. The molecule has 5 rings (SSSR count). The summed E-state index contributed by atoms with van der Waals surface area (Å²) in [6.45, 7) is 6.64. The minimum Gasteiger partial charge on any atom is -0.378 e. The number of nitrogens with two attached hydrogens (primary N) is 1. The topological polar surface area (TPSA) is 59.0 Å². The van der Waals surface area contributed by atoms with Gasteiger partial charge in [-0.1, -0.05) is 0 Å². The Morgan fingerprint density at radius 3 is 2.54 bits per heavy atom. The second-order valence-electron chi connectivity index (χ2n) is 7.31. The molecule has 1 saturated carbocycles. The molecule has 2 aromatic rings. The van der Waals surface area contributed by atoms with Crippen LogP contribution in [0.1, 0.15) is 30.0 Å². The smallest absolute Gasteiger partial charge is 0.160 e. The molecule has 0 radical (unpaired) electrons. The summed E-state index contributed by atoms with van der Waals surface area (Å²) in [6, 6.07) is 3.02. The van der Waals surface area contributed by atoms with E-state index in [1.54, 1.807) is 0 Å². The van der Waals surface area contributed by atoms with Crippen LogP contribution in [0.3, 0.4) is 0 Å². The number of hydrogen-bond donors (Lipinski definition) is 1. The average Bonchev–Trinajstić information content (AvgIpc) is 3.32. The minimum absolute atomic E-state index is 0.495. The number of imidazole rings is 1. The van der Waals surface area contributed by atoms with E-state index in [1.165, 1.54) is 24.1 Å². The maximum atomic E-state index is 5.82. The number of pyridine rings is 1. The van der Waals surface area contributed by atoms with E-state index in [1.807, 2.05) is 0 Å². The van der Waals surface area contributed by atoms with Gasteiger partial charge in [0.25, 0.3) is 0 Å². The predicted molar refractivity (Wildman–Crippen MR) is 93.5 cm³/mol. The van der Waals surface area contributed by atoms with Crippen molar-refractivity contribution in [3.05, 3.63) is 29.7 Å². The van der Waals surface area contributed by atoms with E-state index >= 15 is 0 Å². The Morgan fingerprint density at radius 2 is 1.92 bits per heavy atom. The summed E-state index contributed by atoms with van der Waals surface area (Å²) in [7, 11) is 0. The largest absolute Gasteiger partial charge is 0.378 e. The molecule has 2 aliphatic heterocycles. The van der Waals surface area contributed by atoms with Crippen molar-refractivity contribution in [1.29, 1.82) is 0 Å². The summed E-state index contributed by atoms with van der Waals surface area (Å²) in [5.74, 6) is 0.741. The van der Waals surface area contributed by atoms with Crippen molar-refractivity contribution in [2.45, 2.75) is 31.3 Å². The molecule has 2 N–H and O–H groups in total. The Bertz CT molecular complexity index is 741. The summed E-state index contributed by atoms with van der Waals surface area (Å²) in [5.41, 5.74) is 10.6. The van der Waals surface area contributed by atoms with Crippen LogP contribution in [0.15, 0.2) is 18.5 Å². The third kappa shape index (κ3) is 2.49. The minimum atomic E-state index is 0.495. The molecule has 2 saturated heterocycles. The van der Waals surface area contributed by atoms with Gasteiger partial charge in [0, 0.05) is 45.1 Å². The van der Waals surface area contributed by atoms with Gasteiger partial charge in [-0.3, -0.25) is 4.90 Å². The van der Waals surface area contributed by atoms with E-state index < -0.39 is 0 Å². The van der Waals surface area contributed by atoms with Crippen LogP contribution in [0.2, 0.25) is 0 Å². The zero-order chi connectivity index (χ0) is 16.1. The van der Waals surface area contributed by atoms with Crippen molar-refractivity contribution in [1.82, 2.24) is 14.3 Å². The standard InChI is InChI=1S/C18H25N5O/c19-8-15-10-23-9-14(13-1-2-13)7-17(18(23)20-15)22-5-3-21(4-6-22)16-11-24-12-16/h7,9-10,13,16H,1-6,8,11-12,19H2. The van der Waals surface area contributed by atoms with E-state index in [4.69, 9.17) is 15.5 Å². The summed E-state index contributed by atoms with van der Waals surface area (Å²) in [5, 5.41) is 0. The van der Waals surface area contributed by atoms with Crippen LogP contribution in [0.5, 0.6) is 0 Å². The Hall–Kier alpha value is -1.63. The molecular formula is C18H25N5O. The van der Waals surface area contributed by atoms with Gasteiger partial charge in [-0.2, -0.15) is 0 Å². The van der Waals surface area contributed by atoms with Crippen LogP contribution in [0.4, 0.5) is 5.69 Å². The lowest BCUT2D eigenvalue weighted by Gasteiger charge is -2.43. The van der Waals surface area contributed by atoms with E-state index in [-0.39, 0.29) is 0 Å². The number of piperazine rings is 1. The highest BCUT2D eigenvalue weighted by Gasteiger charge is 2.30. The first-order valence-electron chi connectivity index (χ1n) is 9.10. The number of nitrogens with zero attached hydrogens (tertiary/aromatic N) is 4. The molecule has 3 fully saturated rings. The fourth-order valence-electron chi connectivity index (χ4n) is 3.89. The first kappa shape index (κ1) is 14.7. The van der Waals surface area contributed by atoms with Crippen LogP contribution < -0.4 is 10.6 Å². The van der Waals surface area contributed by atoms with Gasteiger partial charge in [0.2, 0.25) is 0 Å². The van der Waals surface area contributed by atoms with Crippen LogP contribution in [0.25, 0.3) is 5.65 Å². The van der Waals surface area contributed by atoms with Crippen LogP contribution in [0, 0.1) is 0 Å². The third-order valence-electron chi connectivity index (χ3n) is 5.65. The lowest BCUT2D eigenvalue weighted by Crippen LogP contribution is -2.56. The summed E-state index contributed by atoms with van der Waals surface area (Å²) in [6.07, 6.45) is 6.98. The van der Waals surface area contributed by atoms with E-state index in [0.29, 0.717) is 12.6 Å². The molecule has 0 unspecified atom stereocenters. The fourth-order valence-corrected chi connectivity index (χ4v) is 3.89. The first-order valence-corrected chi connectivity index (χ1v) is 9.10. The zero-order valence-corrected chi connectivity index (χ0v) is 14.0. The summed E-state index contributed by atoms with van der Waals surface area (Å²) in [4.78, 5) is 9.84. The Labute approximate surface area is 142 Å². The van der Waals surface area contributed by atoms with Gasteiger partial charge in [0.15, 0.2) is 5.65 Å². The molecule has 4 heterocycles. The maximum Gasteiger partial charge on any atom is 0.160 e. The monoisotopic (exact) mass is 327 g/mol. The van der Waals surface area contributed by atoms with Crippen molar-refractivity contribution < 1.29 is 4.74 Å². The molecule has 3 aliphatic rings. The van der Waals surface area contributed by atoms with Crippen molar-refractivity contribution >= 4 is 11.3 Å². The lowest BCUT2D eigenvalue weighted by atomic mass is 10.1. The molecule has 2 aromatic heterocycles. The fraction of sp³-hybridized carbons (Fsp3) is 0.611. The van der Waals surface area contributed by atoms with Gasteiger partial charge in [-0.15, -0.1) is 0 Å². The van der Waals surface area contributed by atoms with Gasteiger partial charge < -0.3 is 19.8 Å². The lowest BCUT2D eigenvalue weighted by molar-refractivity contribution is -0.0660. The summed E-state index contributed by atoms with van der Waals surface area (Å²) < 4.78 is 7.53. The Kier molecular flexibility index (Phi) is 3.50. The van der Waals surface area contributed by atoms with E-state index in [2.05, 4.69) is 32.7 Å². The highest BCUT2D eigenvalue weighted by molar-refractivity contribution is 5.71. The van der Waals surface area contributed by atoms with Crippen molar-refractivity contribution in [2.75, 3.05) is 44.3 Å². The molecule has 0 spiro atoms. The third-order valence-corrected chi connectivity index (χ3v) is 5.65. The molecule has 0 aromatic carbocycles. The number of ether oxygens (including phenoxy) is 1. The van der Waals surface area contributed by atoms with Gasteiger partial charge in [-0.25, -0.2) is 4.98 Å². The second-order valence-corrected chi connectivity index (χ2v) is 7.31. The number of anilines is 1. The SMILES string of the molecule is NCc1cn2cc(C3CC3)cc(N3CCN(C4COC4)CC3)c2n1. The molecule has 6 heteroatoms. The highest BCUT2D eigenvalue weighted by Crippen LogP contribution is 2.42. The predicted octanol–water partition coefficient (Wildman–Crippen LogP) is 1.19. The Morgan fingerprint density at radius 1 is 1.12 bits per heavy atom. The van der Waals surface area contributed by atoms with Gasteiger partial charge in [0.1, 0.15) is 0 Å². The number of hydrogen-bond acceptors (Lipinski definition) is 5. The number of rotatable bonds is 4. The second kappa shape index (κ2) is 5.72. The molecule has 1 aliphatic carbocycles. The van der Waals surface area contributed by atoms with E-state index in [0.717, 1.165) is 56.7 Å². The normalized spacial score (nSPS) is 23.0. The molecule has 0 atom stereocenters. The molecule has 0 amide bonds. The molecule has 0 bridgehead atoms.